The van der Waals surface area contributed by atoms with Gasteiger partial charge in [-0.25, -0.2) is 5.43 Å². The predicted molar refractivity (Wildman–Crippen MR) is 112 cm³/mol. The molecule has 0 spiro atoms. The Morgan fingerprint density at radius 1 is 1.00 bits per heavy atom. The van der Waals surface area contributed by atoms with E-state index in [0.717, 1.165) is 5.56 Å². The first kappa shape index (κ1) is 20.6. The van der Waals surface area contributed by atoms with E-state index in [1.54, 1.807) is 42.5 Å². The molecule has 0 radical (unpaired) electrons. The lowest BCUT2D eigenvalue weighted by Crippen LogP contribution is -2.24. The number of benzene rings is 2. The van der Waals surface area contributed by atoms with Crippen molar-refractivity contribution in [2.24, 2.45) is 5.10 Å². The normalized spacial score (nSPS) is 11.0. The van der Waals surface area contributed by atoms with E-state index in [9.17, 15) is 4.79 Å². The molecule has 1 amide bonds. The summed E-state index contributed by atoms with van der Waals surface area (Å²) in [5.41, 5.74) is 3.11. The third-order valence-corrected chi connectivity index (χ3v) is 4.73. The number of carbonyl (C=O) groups excluding carboxylic acids is 1. The Morgan fingerprint density at radius 2 is 1.82 bits per heavy atom. The number of furan rings is 1. The Morgan fingerprint density at radius 3 is 2.57 bits per heavy atom. The smallest absolute Gasteiger partial charge is 0.277 e. The van der Waals surface area contributed by atoms with Crippen LogP contribution in [0.25, 0.3) is 11.3 Å². The molecule has 1 aromatic heterocycles. The molecule has 2 aromatic carbocycles. The average Bonchev–Trinajstić information content (AvgIpc) is 3.12. The summed E-state index contributed by atoms with van der Waals surface area (Å²) < 4.78 is 11.0. The summed E-state index contributed by atoms with van der Waals surface area (Å²) in [4.78, 5) is 11.8. The minimum absolute atomic E-state index is 0.259. The maximum atomic E-state index is 11.8. The number of ether oxygens (including phenoxy) is 1. The molecule has 5 nitrogen and oxygen atoms in total. The van der Waals surface area contributed by atoms with Gasteiger partial charge >= 0.3 is 0 Å². The Bertz CT molecular complexity index is 1030. The van der Waals surface area contributed by atoms with E-state index in [4.69, 9.17) is 55.6 Å². The lowest BCUT2D eigenvalue weighted by Gasteiger charge is -2.06. The van der Waals surface area contributed by atoms with Gasteiger partial charge in [0.2, 0.25) is 0 Å². The van der Waals surface area contributed by atoms with Crippen molar-refractivity contribution < 1.29 is 13.9 Å². The average molecular weight is 458 g/mol. The number of nitrogens with one attached hydrogen (secondary N) is 1. The number of hydrazone groups is 1. The van der Waals surface area contributed by atoms with Crippen LogP contribution in [0.1, 0.15) is 5.76 Å². The molecular formula is C19H12Cl4N2O3. The zero-order valence-corrected chi connectivity index (χ0v) is 17.1. The maximum absolute atomic E-state index is 11.8. The number of carbonyl (C=O) groups is 1. The maximum Gasteiger partial charge on any atom is 0.277 e. The molecule has 3 aromatic rings. The summed E-state index contributed by atoms with van der Waals surface area (Å²) in [5.74, 6) is 0.927. The molecule has 1 N–H and O–H groups in total. The standard InChI is InChI=1S/C19H12Cl4N2O3/c20-12-2-5-18(16(23)8-12)27-10-19(26)25-24-9-13-3-6-17(28-13)11-1-4-14(21)15(22)7-11/h1-9H,10H2,(H,25,26)/b24-9-. The van der Waals surface area contributed by atoms with Gasteiger partial charge in [0.15, 0.2) is 6.61 Å². The van der Waals surface area contributed by atoms with Crippen LogP contribution in [0.5, 0.6) is 5.75 Å². The van der Waals surface area contributed by atoms with Gasteiger partial charge < -0.3 is 9.15 Å². The molecule has 0 aliphatic heterocycles. The number of rotatable bonds is 6. The first-order valence-electron chi connectivity index (χ1n) is 7.87. The molecular weight excluding hydrogens is 446 g/mol. The van der Waals surface area contributed by atoms with Crippen LogP contribution in [0.3, 0.4) is 0 Å². The fraction of sp³-hybridized carbons (Fsp3) is 0.0526. The van der Waals surface area contributed by atoms with E-state index in [-0.39, 0.29) is 6.61 Å². The van der Waals surface area contributed by atoms with Gasteiger partial charge in [-0.05, 0) is 48.5 Å². The molecule has 0 fully saturated rings. The molecule has 144 valence electrons. The number of amides is 1. The van der Waals surface area contributed by atoms with E-state index in [1.807, 2.05) is 0 Å². The third kappa shape index (κ3) is 5.42. The number of hydrogen-bond donors (Lipinski definition) is 1. The highest BCUT2D eigenvalue weighted by atomic mass is 35.5. The summed E-state index contributed by atoms with van der Waals surface area (Å²) in [7, 11) is 0. The van der Waals surface area contributed by atoms with Crippen LogP contribution in [-0.2, 0) is 4.79 Å². The Hall–Kier alpha value is -2.18. The molecule has 28 heavy (non-hydrogen) atoms. The SMILES string of the molecule is O=C(COc1ccc(Cl)cc1Cl)N/N=C\c1ccc(-c2ccc(Cl)c(Cl)c2)o1. The predicted octanol–water partition coefficient (Wildman–Crippen LogP) is 6.09. The van der Waals surface area contributed by atoms with E-state index in [2.05, 4.69) is 10.5 Å². The second-order valence-electron chi connectivity index (χ2n) is 5.49. The Balaban J connectivity index is 1.53. The molecule has 0 bridgehead atoms. The van der Waals surface area contributed by atoms with Crippen LogP contribution in [0.4, 0.5) is 0 Å². The van der Waals surface area contributed by atoms with Crippen molar-refractivity contribution in [3.8, 4) is 17.1 Å². The van der Waals surface area contributed by atoms with Gasteiger partial charge in [0.05, 0.1) is 21.3 Å². The minimum Gasteiger partial charge on any atom is -0.482 e. The summed E-state index contributed by atoms with van der Waals surface area (Å²) in [6.45, 7) is -0.259. The van der Waals surface area contributed by atoms with Gasteiger partial charge in [0, 0.05) is 10.6 Å². The first-order chi connectivity index (χ1) is 13.4. The fourth-order valence-corrected chi connectivity index (χ4v) is 2.92. The van der Waals surface area contributed by atoms with Crippen LogP contribution in [0.2, 0.25) is 20.1 Å². The second-order valence-corrected chi connectivity index (χ2v) is 7.15. The van der Waals surface area contributed by atoms with Crippen molar-refractivity contribution in [3.05, 3.63) is 74.4 Å². The van der Waals surface area contributed by atoms with Crippen LogP contribution in [0.15, 0.2) is 58.0 Å². The van der Waals surface area contributed by atoms with Gasteiger partial charge in [0.1, 0.15) is 17.3 Å². The van der Waals surface area contributed by atoms with Crippen molar-refractivity contribution in [3.63, 3.8) is 0 Å². The molecule has 0 saturated carbocycles. The van der Waals surface area contributed by atoms with E-state index in [0.29, 0.717) is 37.4 Å². The van der Waals surface area contributed by atoms with Gasteiger partial charge in [0.25, 0.3) is 5.91 Å². The van der Waals surface area contributed by atoms with Crippen molar-refractivity contribution in [1.29, 1.82) is 0 Å². The topological polar surface area (TPSA) is 63.8 Å². The molecule has 0 aliphatic carbocycles. The van der Waals surface area contributed by atoms with Crippen LogP contribution >= 0.6 is 46.4 Å². The van der Waals surface area contributed by atoms with E-state index in [1.165, 1.54) is 12.3 Å². The molecule has 0 saturated heterocycles. The Labute approximate surface area is 180 Å². The highest BCUT2D eigenvalue weighted by Gasteiger charge is 2.08. The number of nitrogens with zero attached hydrogens (tertiary/aromatic N) is 1. The fourth-order valence-electron chi connectivity index (χ4n) is 2.16. The summed E-state index contributed by atoms with van der Waals surface area (Å²) in [6, 6.07) is 13.3. The van der Waals surface area contributed by atoms with Crippen molar-refractivity contribution >= 4 is 58.5 Å². The first-order valence-corrected chi connectivity index (χ1v) is 9.38. The van der Waals surface area contributed by atoms with Crippen molar-refractivity contribution in [2.75, 3.05) is 6.61 Å². The molecule has 3 rings (SSSR count). The highest BCUT2D eigenvalue weighted by molar-refractivity contribution is 6.42. The van der Waals surface area contributed by atoms with Crippen molar-refractivity contribution in [2.45, 2.75) is 0 Å². The number of hydrogen-bond acceptors (Lipinski definition) is 4. The summed E-state index contributed by atoms with van der Waals surface area (Å²) >= 11 is 23.7. The lowest BCUT2D eigenvalue weighted by atomic mass is 10.2. The quantitative estimate of drug-likeness (QED) is 0.359. The highest BCUT2D eigenvalue weighted by Crippen LogP contribution is 2.29. The zero-order chi connectivity index (χ0) is 20.1. The van der Waals surface area contributed by atoms with E-state index < -0.39 is 5.91 Å². The molecule has 9 heteroatoms. The molecule has 0 atom stereocenters. The number of halogens is 4. The summed E-state index contributed by atoms with van der Waals surface area (Å²) in [6.07, 6.45) is 1.37. The van der Waals surface area contributed by atoms with Gasteiger partial charge in [-0.3, -0.25) is 4.79 Å². The Kier molecular flexibility index (Phi) is 6.86. The van der Waals surface area contributed by atoms with Gasteiger partial charge in [-0.2, -0.15) is 5.10 Å². The zero-order valence-electron chi connectivity index (χ0n) is 14.1. The minimum atomic E-state index is -0.460. The van der Waals surface area contributed by atoms with Gasteiger partial charge in [-0.15, -0.1) is 0 Å². The molecule has 1 heterocycles. The third-order valence-electron chi connectivity index (χ3n) is 3.46. The van der Waals surface area contributed by atoms with Crippen molar-refractivity contribution in [1.82, 2.24) is 5.43 Å². The molecule has 0 aliphatic rings. The lowest BCUT2D eigenvalue weighted by molar-refractivity contribution is -0.123. The van der Waals surface area contributed by atoms with Crippen LogP contribution in [-0.4, -0.2) is 18.7 Å². The molecule has 0 unspecified atom stereocenters. The second kappa shape index (κ2) is 9.34. The summed E-state index contributed by atoms with van der Waals surface area (Å²) in [5, 5.41) is 5.51. The van der Waals surface area contributed by atoms with E-state index >= 15 is 0 Å². The largest absolute Gasteiger partial charge is 0.482 e. The van der Waals surface area contributed by atoms with Crippen LogP contribution < -0.4 is 10.2 Å². The monoisotopic (exact) mass is 456 g/mol. The van der Waals surface area contributed by atoms with Gasteiger partial charge in [-0.1, -0.05) is 46.4 Å². The van der Waals surface area contributed by atoms with Crippen LogP contribution in [0, 0.1) is 0 Å².